The average molecular weight is 282 g/mol. The number of aliphatic hydroxyl groups is 1. The highest BCUT2D eigenvalue weighted by Gasteiger charge is 2.20. The van der Waals surface area contributed by atoms with E-state index in [4.69, 9.17) is 4.74 Å². The molecular weight excluding hydrogens is 269 g/mol. The van der Waals surface area contributed by atoms with E-state index in [0.717, 1.165) is 0 Å². The zero-order valence-electron chi connectivity index (χ0n) is 11.0. The van der Waals surface area contributed by atoms with Gasteiger partial charge in [0.05, 0.1) is 7.11 Å². The van der Waals surface area contributed by atoms with Crippen molar-refractivity contribution in [3.8, 4) is 5.75 Å². The summed E-state index contributed by atoms with van der Waals surface area (Å²) in [5, 5.41) is 10.2. The highest BCUT2D eigenvalue weighted by Crippen LogP contribution is 2.30. The molecule has 0 heterocycles. The Morgan fingerprint density at radius 2 is 1.60 bits per heavy atom. The second kappa shape index (κ2) is 5.54. The molecule has 20 heavy (non-hydrogen) atoms. The van der Waals surface area contributed by atoms with Gasteiger partial charge in [0, 0.05) is 11.6 Å². The molecule has 1 N–H and O–H groups in total. The number of halogens is 3. The predicted molar refractivity (Wildman–Crippen MR) is 68.1 cm³/mol. The number of hydrogen-bond donors (Lipinski definition) is 1. The molecule has 0 saturated carbocycles. The van der Waals surface area contributed by atoms with Crippen molar-refractivity contribution in [1.29, 1.82) is 0 Å². The van der Waals surface area contributed by atoms with Gasteiger partial charge < -0.3 is 9.84 Å². The molecule has 0 fully saturated rings. The number of methoxy groups -OCH3 is 1. The molecule has 0 aromatic heterocycles. The van der Waals surface area contributed by atoms with Crippen LogP contribution in [0.25, 0.3) is 0 Å². The molecule has 0 spiro atoms. The number of rotatable bonds is 3. The number of aryl methyl sites for hydroxylation is 1. The van der Waals surface area contributed by atoms with Gasteiger partial charge >= 0.3 is 0 Å². The third-order valence-electron chi connectivity index (χ3n) is 3.11. The molecule has 106 valence electrons. The van der Waals surface area contributed by atoms with E-state index in [2.05, 4.69) is 0 Å². The first-order chi connectivity index (χ1) is 9.43. The number of ether oxygens (including phenoxy) is 1. The highest BCUT2D eigenvalue weighted by molar-refractivity contribution is 5.40. The minimum atomic E-state index is -1.38. The summed E-state index contributed by atoms with van der Waals surface area (Å²) >= 11 is 0. The SMILES string of the molecule is COc1ccc(C(O)c2cc(F)c(F)cc2F)c(C)c1. The Labute approximate surface area is 114 Å². The number of hydrogen-bond acceptors (Lipinski definition) is 2. The second-order valence-corrected chi connectivity index (χ2v) is 4.41. The Morgan fingerprint density at radius 3 is 2.20 bits per heavy atom. The van der Waals surface area contributed by atoms with Gasteiger partial charge in [-0.2, -0.15) is 0 Å². The van der Waals surface area contributed by atoms with Crippen molar-refractivity contribution in [3.63, 3.8) is 0 Å². The summed E-state index contributed by atoms with van der Waals surface area (Å²) in [7, 11) is 1.50. The maximum absolute atomic E-state index is 13.7. The molecule has 2 rings (SSSR count). The molecule has 0 aliphatic heterocycles. The molecule has 0 aliphatic carbocycles. The topological polar surface area (TPSA) is 29.5 Å². The molecule has 0 aliphatic rings. The fourth-order valence-corrected chi connectivity index (χ4v) is 2.00. The monoisotopic (exact) mass is 282 g/mol. The largest absolute Gasteiger partial charge is 0.497 e. The highest BCUT2D eigenvalue weighted by atomic mass is 19.2. The van der Waals surface area contributed by atoms with Crippen molar-refractivity contribution >= 4 is 0 Å². The molecule has 2 aromatic rings. The molecule has 5 heteroatoms. The van der Waals surface area contributed by atoms with Crippen LogP contribution in [0.1, 0.15) is 22.8 Å². The first kappa shape index (κ1) is 14.4. The lowest BCUT2D eigenvalue weighted by molar-refractivity contribution is 0.213. The summed E-state index contributed by atoms with van der Waals surface area (Å²) in [6, 6.07) is 5.91. The van der Waals surface area contributed by atoms with Crippen LogP contribution < -0.4 is 4.74 Å². The molecule has 1 atom stereocenters. The summed E-state index contributed by atoms with van der Waals surface area (Å²) in [4.78, 5) is 0. The van der Waals surface area contributed by atoms with E-state index >= 15 is 0 Å². The summed E-state index contributed by atoms with van der Waals surface area (Å²) in [6.07, 6.45) is -1.38. The van der Waals surface area contributed by atoms with Crippen molar-refractivity contribution in [2.24, 2.45) is 0 Å². The van der Waals surface area contributed by atoms with E-state index in [1.54, 1.807) is 25.1 Å². The molecule has 2 aromatic carbocycles. The minimum absolute atomic E-state index is 0.308. The Morgan fingerprint density at radius 1 is 0.950 bits per heavy atom. The maximum Gasteiger partial charge on any atom is 0.161 e. The zero-order chi connectivity index (χ0) is 14.9. The van der Waals surface area contributed by atoms with Gasteiger partial charge in [0.15, 0.2) is 11.6 Å². The fraction of sp³-hybridized carbons (Fsp3) is 0.200. The molecule has 0 amide bonds. The van der Waals surface area contributed by atoms with Crippen LogP contribution >= 0.6 is 0 Å². The predicted octanol–water partition coefficient (Wildman–Crippen LogP) is 3.50. The average Bonchev–Trinajstić information content (AvgIpc) is 2.42. The molecule has 2 nitrogen and oxygen atoms in total. The van der Waals surface area contributed by atoms with Crippen molar-refractivity contribution in [2.45, 2.75) is 13.0 Å². The van der Waals surface area contributed by atoms with Crippen LogP contribution in [0.15, 0.2) is 30.3 Å². The number of aliphatic hydroxyl groups excluding tert-OH is 1. The van der Waals surface area contributed by atoms with Crippen LogP contribution in [0.5, 0.6) is 5.75 Å². The number of benzene rings is 2. The molecular formula is C15H13F3O2. The summed E-state index contributed by atoms with van der Waals surface area (Å²) in [5.74, 6) is -2.90. The molecule has 0 radical (unpaired) electrons. The normalized spacial score (nSPS) is 12.3. The first-order valence-electron chi connectivity index (χ1n) is 5.91. The van der Waals surface area contributed by atoms with Crippen LogP contribution in [-0.4, -0.2) is 12.2 Å². The van der Waals surface area contributed by atoms with E-state index in [9.17, 15) is 18.3 Å². The lowest BCUT2D eigenvalue weighted by Crippen LogP contribution is -2.06. The van der Waals surface area contributed by atoms with Gasteiger partial charge in [-0.25, -0.2) is 13.2 Å². The third-order valence-corrected chi connectivity index (χ3v) is 3.11. The molecule has 0 bridgehead atoms. The van der Waals surface area contributed by atoms with Crippen LogP contribution in [0.4, 0.5) is 13.2 Å². The quantitative estimate of drug-likeness (QED) is 0.873. The minimum Gasteiger partial charge on any atom is -0.497 e. The van der Waals surface area contributed by atoms with Gasteiger partial charge in [0.1, 0.15) is 17.7 Å². The van der Waals surface area contributed by atoms with E-state index in [1.165, 1.54) is 7.11 Å². The van der Waals surface area contributed by atoms with Crippen molar-refractivity contribution in [2.75, 3.05) is 7.11 Å². The maximum atomic E-state index is 13.7. The van der Waals surface area contributed by atoms with Gasteiger partial charge in [-0.05, 0) is 36.2 Å². The zero-order valence-corrected chi connectivity index (χ0v) is 11.0. The van der Waals surface area contributed by atoms with Crippen LogP contribution in [0.3, 0.4) is 0 Å². The van der Waals surface area contributed by atoms with Gasteiger partial charge in [-0.1, -0.05) is 6.07 Å². The second-order valence-electron chi connectivity index (χ2n) is 4.41. The van der Waals surface area contributed by atoms with Crippen molar-refractivity contribution in [3.05, 3.63) is 64.5 Å². The summed E-state index contributed by atoms with van der Waals surface area (Å²) in [5.41, 5.74) is 0.744. The van der Waals surface area contributed by atoms with Gasteiger partial charge in [0.25, 0.3) is 0 Å². The Balaban J connectivity index is 2.46. The van der Waals surface area contributed by atoms with E-state index in [0.29, 0.717) is 29.0 Å². The Hall–Kier alpha value is -2.01. The van der Waals surface area contributed by atoms with Crippen LogP contribution in [0, 0.1) is 24.4 Å². The summed E-state index contributed by atoms with van der Waals surface area (Å²) in [6.45, 7) is 1.71. The fourth-order valence-electron chi connectivity index (χ4n) is 2.00. The van der Waals surface area contributed by atoms with E-state index in [-0.39, 0.29) is 5.56 Å². The lowest BCUT2D eigenvalue weighted by atomic mass is 9.97. The van der Waals surface area contributed by atoms with Crippen LogP contribution in [0.2, 0.25) is 0 Å². The third kappa shape index (κ3) is 2.63. The smallest absolute Gasteiger partial charge is 0.161 e. The van der Waals surface area contributed by atoms with E-state index in [1.807, 2.05) is 0 Å². The van der Waals surface area contributed by atoms with Gasteiger partial charge in [0.2, 0.25) is 0 Å². The van der Waals surface area contributed by atoms with Gasteiger partial charge in [-0.3, -0.25) is 0 Å². The first-order valence-corrected chi connectivity index (χ1v) is 5.91. The Kier molecular flexibility index (Phi) is 3.99. The van der Waals surface area contributed by atoms with Gasteiger partial charge in [-0.15, -0.1) is 0 Å². The van der Waals surface area contributed by atoms with Crippen molar-refractivity contribution < 1.29 is 23.0 Å². The standard InChI is InChI=1S/C15H13F3O2/c1-8-5-9(20-2)3-4-10(8)15(19)11-6-13(17)14(18)7-12(11)16/h3-7,15,19H,1-2H3. The Bertz CT molecular complexity index is 641. The molecule has 1 unspecified atom stereocenters. The van der Waals surface area contributed by atoms with Crippen molar-refractivity contribution in [1.82, 2.24) is 0 Å². The summed E-state index contributed by atoms with van der Waals surface area (Å²) < 4.78 is 44.8. The van der Waals surface area contributed by atoms with E-state index < -0.39 is 23.6 Å². The van der Waals surface area contributed by atoms with Crippen LogP contribution in [-0.2, 0) is 0 Å². The lowest BCUT2D eigenvalue weighted by Gasteiger charge is -2.16. The molecule has 0 saturated heterocycles.